The lowest BCUT2D eigenvalue weighted by Gasteiger charge is -1.89. The van der Waals surface area contributed by atoms with Crippen molar-refractivity contribution in [2.24, 2.45) is 0 Å². The van der Waals surface area contributed by atoms with Gasteiger partial charge in [-0.3, -0.25) is 15.1 Å². The van der Waals surface area contributed by atoms with E-state index in [0.717, 1.165) is 0 Å². The van der Waals surface area contributed by atoms with Crippen molar-refractivity contribution in [2.45, 2.75) is 18.4 Å². The predicted octanol–water partition coefficient (Wildman–Crippen LogP) is 1.26. The molecule has 0 saturated heterocycles. The van der Waals surface area contributed by atoms with Crippen LogP contribution in [0.2, 0.25) is 0 Å². The second-order valence-electron chi connectivity index (χ2n) is 3.87. The Morgan fingerprint density at radius 2 is 2.35 bits per heavy atom. The van der Waals surface area contributed by atoms with Crippen LogP contribution in [0.1, 0.15) is 18.2 Å². The molecule has 0 spiro atoms. The zero-order valence-electron chi connectivity index (χ0n) is 8.68. The molecule has 0 radical (unpaired) electrons. The third-order valence-electron chi connectivity index (χ3n) is 2.68. The topological polar surface area (TPSA) is 95.0 Å². The maximum atomic E-state index is 10.5. The van der Waals surface area contributed by atoms with Crippen LogP contribution in [0.25, 0.3) is 11.5 Å². The number of hydrogen-bond donors (Lipinski definition) is 0. The van der Waals surface area contributed by atoms with Crippen molar-refractivity contribution in [3.8, 4) is 11.5 Å². The van der Waals surface area contributed by atoms with Gasteiger partial charge in [0, 0.05) is 17.5 Å². The van der Waals surface area contributed by atoms with Crippen LogP contribution in [0.15, 0.2) is 28.9 Å². The zero-order chi connectivity index (χ0) is 11.8. The van der Waals surface area contributed by atoms with Crippen LogP contribution in [0.3, 0.4) is 0 Å². The molecular weight excluding hydrogens is 224 g/mol. The summed E-state index contributed by atoms with van der Waals surface area (Å²) in [6, 6.07) is 4.78. The Morgan fingerprint density at radius 3 is 3.00 bits per heavy atom. The van der Waals surface area contributed by atoms with Crippen molar-refractivity contribution in [2.75, 3.05) is 0 Å². The summed E-state index contributed by atoms with van der Waals surface area (Å²) in [6.07, 6.45) is 2.10. The van der Waals surface area contributed by atoms with E-state index in [2.05, 4.69) is 15.1 Å². The van der Waals surface area contributed by atoms with Crippen LogP contribution >= 0.6 is 0 Å². The van der Waals surface area contributed by atoms with Crippen LogP contribution in [0.4, 0.5) is 0 Å². The van der Waals surface area contributed by atoms with E-state index in [4.69, 9.17) is 4.52 Å². The maximum absolute atomic E-state index is 10.5. The Labute approximate surface area is 95.6 Å². The second kappa shape index (κ2) is 3.62. The Hall–Kier alpha value is -2.31. The van der Waals surface area contributed by atoms with Gasteiger partial charge in [-0.15, -0.1) is 0 Å². The molecule has 2 aromatic heterocycles. The summed E-state index contributed by atoms with van der Waals surface area (Å²) < 4.78 is 5.02. The molecule has 0 aromatic carbocycles. The first-order chi connectivity index (χ1) is 8.25. The molecule has 2 aromatic rings. The van der Waals surface area contributed by atoms with E-state index in [1.165, 1.54) is 0 Å². The molecule has 1 saturated carbocycles. The summed E-state index contributed by atoms with van der Waals surface area (Å²) in [7, 11) is 0. The van der Waals surface area contributed by atoms with Gasteiger partial charge in [0.15, 0.2) is 0 Å². The SMILES string of the molecule is O=[N+]([O-])[C@H]1C[C@@H]1c1nc(-c2ccccn2)no1. The van der Waals surface area contributed by atoms with Gasteiger partial charge in [0.25, 0.3) is 0 Å². The highest BCUT2D eigenvalue weighted by atomic mass is 16.6. The molecule has 0 amide bonds. The van der Waals surface area contributed by atoms with E-state index < -0.39 is 6.04 Å². The number of nitro groups is 1. The fraction of sp³-hybridized carbons (Fsp3) is 0.300. The average Bonchev–Trinajstić information content (AvgIpc) is 3.01. The van der Waals surface area contributed by atoms with Gasteiger partial charge < -0.3 is 4.52 Å². The molecule has 2 heterocycles. The summed E-state index contributed by atoms with van der Waals surface area (Å²) in [5, 5.41) is 14.3. The molecule has 0 bridgehead atoms. The van der Waals surface area contributed by atoms with E-state index in [1.54, 1.807) is 18.3 Å². The van der Waals surface area contributed by atoms with Crippen molar-refractivity contribution >= 4 is 0 Å². The molecule has 17 heavy (non-hydrogen) atoms. The summed E-state index contributed by atoms with van der Waals surface area (Å²) >= 11 is 0. The molecule has 3 rings (SSSR count). The Morgan fingerprint density at radius 1 is 1.47 bits per heavy atom. The van der Waals surface area contributed by atoms with Crippen LogP contribution < -0.4 is 0 Å². The molecule has 86 valence electrons. The summed E-state index contributed by atoms with van der Waals surface area (Å²) in [5.41, 5.74) is 0.598. The van der Waals surface area contributed by atoms with Gasteiger partial charge in [-0.05, 0) is 12.1 Å². The van der Waals surface area contributed by atoms with E-state index in [-0.39, 0.29) is 10.8 Å². The number of hydrogen-bond acceptors (Lipinski definition) is 6. The molecular formula is C10H8N4O3. The van der Waals surface area contributed by atoms with Crippen molar-refractivity contribution < 1.29 is 9.45 Å². The minimum absolute atomic E-state index is 0.241. The lowest BCUT2D eigenvalue weighted by atomic mass is 10.3. The van der Waals surface area contributed by atoms with Crippen molar-refractivity contribution in [3.05, 3.63) is 40.4 Å². The number of nitrogens with zero attached hydrogens (tertiary/aromatic N) is 4. The first-order valence-electron chi connectivity index (χ1n) is 5.14. The minimum Gasteiger partial charge on any atom is -0.338 e. The summed E-state index contributed by atoms with van der Waals surface area (Å²) in [5.74, 6) is 0.455. The average molecular weight is 232 g/mol. The number of rotatable bonds is 3. The molecule has 1 aliphatic carbocycles. The van der Waals surface area contributed by atoms with E-state index in [1.807, 2.05) is 6.07 Å². The van der Waals surface area contributed by atoms with Gasteiger partial charge >= 0.3 is 0 Å². The van der Waals surface area contributed by atoms with E-state index in [0.29, 0.717) is 23.8 Å². The van der Waals surface area contributed by atoms with Gasteiger partial charge in [0.05, 0.1) is 0 Å². The predicted molar refractivity (Wildman–Crippen MR) is 55.7 cm³/mol. The number of aromatic nitrogens is 3. The first kappa shape index (κ1) is 9.88. The summed E-state index contributed by atoms with van der Waals surface area (Å²) in [4.78, 5) is 18.4. The molecule has 1 fully saturated rings. The highest BCUT2D eigenvalue weighted by Gasteiger charge is 2.53. The zero-order valence-corrected chi connectivity index (χ0v) is 8.68. The smallest absolute Gasteiger partial charge is 0.237 e. The fourth-order valence-corrected chi connectivity index (χ4v) is 1.66. The first-order valence-corrected chi connectivity index (χ1v) is 5.14. The molecule has 0 N–H and O–H groups in total. The summed E-state index contributed by atoms with van der Waals surface area (Å²) in [6.45, 7) is 0. The largest absolute Gasteiger partial charge is 0.338 e. The highest BCUT2D eigenvalue weighted by Crippen LogP contribution is 2.42. The van der Waals surface area contributed by atoms with Crippen LogP contribution in [-0.4, -0.2) is 26.1 Å². The fourth-order valence-electron chi connectivity index (χ4n) is 1.66. The van der Waals surface area contributed by atoms with Crippen molar-refractivity contribution in [1.29, 1.82) is 0 Å². The lowest BCUT2D eigenvalue weighted by molar-refractivity contribution is -0.496. The Bertz CT molecular complexity index is 554. The minimum atomic E-state index is -0.577. The second-order valence-corrected chi connectivity index (χ2v) is 3.87. The molecule has 2 atom stereocenters. The van der Waals surface area contributed by atoms with Crippen LogP contribution in [0.5, 0.6) is 0 Å². The normalized spacial score (nSPS) is 22.4. The molecule has 1 aliphatic rings. The van der Waals surface area contributed by atoms with Crippen LogP contribution in [-0.2, 0) is 0 Å². The third-order valence-corrected chi connectivity index (χ3v) is 2.68. The van der Waals surface area contributed by atoms with E-state index >= 15 is 0 Å². The molecule has 0 unspecified atom stereocenters. The standard InChI is InChI=1S/C10H8N4O3/c15-14(16)8-5-6(8)10-12-9(13-17-10)7-3-1-2-4-11-7/h1-4,6,8H,5H2/t6-,8-/m0/s1. The van der Waals surface area contributed by atoms with Gasteiger partial charge in [-0.2, -0.15) is 4.98 Å². The van der Waals surface area contributed by atoms with Crippen molar-refractivity contribution in [3.63, 3.8) is 0 Å². The third kappa shape index (κ3) is 1.75. The van der Waals surface area contributed by atoms with Crippen LogP contribution in [0, 0.1) is 10.1 Å². The van der Waals surface area contributed by atoms with Gasteiger partial charge in [0.2, 0.25) is 17.8 Å². The monoisotopic (exact) mass is 232 g/mol. The number of pyridine rings is 1. The lowest BCUT2D eigenvalue weighted by Crippen LogP contribution is -2.02. The maximum Gasteiger partial charge on any atom is 0.237 e. The van der Waals surface area contributed by atoms with E-state index in [9.17, 15) is 10.1 Å². The highest BCUT2D eigenvalue weighted by molar-refractivity contribution is 5.47. The Balaban J connectivity index is 1.83. The Kier molecular flexibility index (Phi) is 2.10. The van der Waals surface area contributed by atoms with Crippen molar-refractivity contribution in [1.82, 2.24) is 15.1 Å². The molecule has 7 nitrogen and oxygen atoms in total. The molecule has 7 heteroatoms. The van der Waals surface area contributed by atoms with Gasteiger partial charge in [-0.1, -0.05) is 11.2 Å². The van der Waals surface area contributed by atoms with Gasteiger partial charge in [0.1, 0.15) is 11.6 Å². The molecule has 0 aliphatic heterocycles. The van der Waals surface area contributed by atoms with Gasteiger partial charge in [-0.25, -0.2) is 0 Å². The quantitative estimate of drug-likeness (QED) is 0.584.